The van der Waals surface area contributed by atoms with Crippen molar-refractivity contribution < 1.29 is 23.9 Å². The highest BCUT2D eigenvalue weighted by atomic mass is 16.6. The number of benzene rings is 2. The van der Waals surface area contributed by atoms with E-state index >= 15 is 0 Å². The van der Waals surface area contributed by atoms with Crippen LogP contribution < -0.4 is 10.1 Å². The third-order valence-electron chi connectivity index (χ3n) is 5.83. The second-order valence-electron chi connectivity index (χ2n) is 8.99. The molecule has 1 aliphatic heterocycles. The lowest BCUT2D eigenvalue weighted by Crippen LogP contribution is -2.58. The van der Waals surface area contributed by atoms with E-state index in [1.54, 1.807) is 0 Å². The molecule has 0 saturated carbocycles. The molecular weight excluding hydrogens is 432 g/mol. The summed E-state index contributed by atoms with van der Waals surface area (Å²) in [6.45, 7) is 7.17. The van der Waals surface area contributed by atoms with Gasteiger partial charge in [-0.25, -0.2) is 0 Å². The van der Waals surface area contributed by atoms with Gasteiger partial charge in [0.15, 0.2) is 0 Å². The van der Waals surface area contributed by atoms with Gasteiger partial charge in [-0.05, 0) is 42.5 Å². The number of ether oxygens (including phenoxy) is 2. The summed E-state index contributed by atoms with van der Waals surface area (Å²) in [5.41, 5.74) is 2.12. The quantitative estimate of drug-likeness (QED) is 0.429. The van der Waals surface area contributed by atoms with Gasteiger partial charge >= 0.3 is 5.97 Å². The summed E-state index contributed by atoms with van der Waals surface area (Å²) >= 11 is 0. The molecule has 1 aliphatic rings. The zero-order chi connectivity index (χ0) is 24.5. The SMILES string of the molecule is CC(C)Cc1ccc(C(C)C(=O)N2CCNC(=O)C2CC(=O)OCCOc2ccccc2)cc1. The molecule has 2 aromatic rings. The molecule has 0 aliphatic carbocycles. The van der Waals surface area contributed by atoms with Gasteiger partial charge in [0.25, 0.3) is 0 Å². The van der Waals surface area contributed by atoms with Gasteiger partial charge in [0, 0.05) is 13.1 Å². The van der Waals surface area contributed by atoms with E-state index < -0.39 is 17.9 Å². The van der Waals surface area contributed by atoms with Crippen LogP contribution in [0, 0.1) is 5.92 Å². The van der Waals surface area contributed by atoms with Crippen molar-refractivity contribution in [3.8, 4) is 5.75 Å². The zero-order valence-electron chi connectivity index (χ0n) is 20.2. The molecule has 7 heteroatoms. The van der Waals surface area contributed by atoms with E-state index in [-0.39, 0.29) is 31.4 Å². The molecule has 7 nitrogen and oxygen atoms in total. The summed E-state index contributed by atoms with van der Waals surface area (Å²) in [7, 11) is 0. The van der Waals surface area contributed by atoms with Crippen LogP contribution in [0.5, 0.6) is 5.75 Å². The Kier molecular flexibility index (Phi) is 9.08. The number of carbonyl (C=O) groups is 3. The van der Waals surface area contributed by atoms with Crippen molar-refractivity contribution in [2.24, 2.45) is 5.92 Å². The molecule has 2 aromatic carbocycles. The third kappa shape index (κ3) is 7.07. The molecule has 1 N–H and O–H groups in total. The molecule has 2 atom stereocenters. The maximum Gasteiger partial charge on any atom is 0.308 e. The fourth-order valence-electron chi connectivity index (χ4n) is 4.04. The zero-order valence-corrected chi connectivity index (χ0v) is 20.2. The fourth-order valence-corrected chi connectivity index (χ4v) is 4.04. The Morgan fingerprint density at radius 2 is 1.74 bits per heavy atom. The summed E-state index contributed by atoms with van der Waals surface area (Å²) < 4.78 is 10.8. The third-order valence-corrected chi connectivity index (χ3v) is 5.83. The van der Waals surface area contributed by atoms with E-state index in [4.69, 9.17) is 9.47 Å². The molecule has 1 fully saturated rings. The topological polar surface area (TPSA) is 84.9 Å². The summed E-state index contributed by atoms with van der Waals surface area (Å²) in [5.74, 6) is -0.220. The minimum absolute atomic E-state index is 0.0646. The minimum atomic E-state index is -0.883. The van der Waals surface area contributed by atoms with Gasteiger partial charge in [0.2, 0.25) is 11.8 Å². The Morgan fingerprint density at radius 3 is 2.41 bits per heavy atom. The Balaban J connectivity index is 1.56. The number of hydrogen-bond acceptors (Lipinski definition) is 5. The number of para-hydroxylation sites is 1. The van der Waals surface area contributed by atoms with Crippen molar-refractivity contribution in [2.45, 2.75) is 45.6 Å². The first-order valence-electron chi connectivity index (χ1n) is 11.9. The summed E-state index contributed by atoms with van der Waals surface area (Å²) in [4.78, 5) is 39.7. The van der Waals surface area contributed by atoms with Crippen LogP contribution >= 0.6 is 0 Å². The molecule has 0 spiro atoms. The number of esters is 1. The highest BCUT2D eigenvalue weighted by Crippen LogP contribution is 2.23. The van der Waals surface area contributed by atoms with E-state index in [9.17, 15) is 14.4 Å². The van der Waals surface area contributed by atoms with Crippen LogP contribution in [0.2, 0.25) is 0 Å². The van der Waals surface area contributed by atoms with Crippen LogP contribution in [0.15, 0.2) is 54.6 Å². The van der Waals surface area contributed by atoms with Crippen molar-refractivity contribution in [1.29, 1.82) is 0 Å². The Hall–Kier alpha value is -3.35. The largest absolute Gasteiger partial charge is 0.490 e. The molecule has 182 valence electrons. The monoisotopic (exact) mass is 466 g/mol. The van der Waals surface area contributed by atoms with Crippen LogP contribution in [-0.2, 0) is 25.5 Å². The van der Waals surface area contributed by atoms with Crippen LogP contribution in [0.3, 0.4) is 0 Å². The van der Waals surface area contributed by atoms with E-state index in [0.29, 0.717) is 24.8 Å². The van der Waals surface area contributed by atoms with Gasteiger partial charge in [0.1, 0.15) is 25.0 Å². The molecule has 2 amide bonds. The second kappa shape index (κ2) is 12.2. The van der Waals surface area contributed by atoms with Crippen molar-refractivity contribution >= 4 is 17.8 Å². The Bertz CT molecular complexity index is 959. The van der Waals surface area contributed by atoms with Crippen LogP contribution in [-0.4, -0.2) is 55.0 Å². The van der Waals surface area contributed by atoms with Crippen molar-refractivity contribution in [1.82, 2.24) is 10.2 Å². The predicted molar refractivity (Wildman–Crippen MR) is 129 cm³/mol. The van der Waals surface area contributed by atoms with Crippen molar-refractivity contribution in [2.75, 3.05) is 26.3 Å². The second-order valence-corrected chi connectivity index (χ2v) is 8.99. The maximum absolute atomic E-state index is 13.3. The van der Waals surface area contributed by atoms with Gasteiger partial charge in [-0.15, -0.1) is 0 Å². The normalized spacial score (nSPS) is 16.6. The Labute approximate surface area is 201 Å². The standard InChI is InChI=1S/C27H34N2O5/c1-19(2)17-21-9-11-22(12-10-21)20(3)27(32)29-14-13-28-26(31)24(29)18-25(30)34-16-15-33-23-7-5-4-6-8-23/h4-12,19-20,24H,13-18H2,1-3H3,(H,28,31). The van der Waals surface area contributed by atoms with Crippen LogP contribution in [0.1, 0.15) is 44.2 Å². The minimum Gasteiger partial charge on any atom is -0.490 e. The van der Waals surface area contributed by atoms with Crippen LogP contribution in [0.4, 0.5) is 0 Å². The van der Waals surface area contributed by atoms with E-state index in [1.165, 1.54) is 10.5 Å². The first kappa shape index (κ1) is 25.3. The van der Waals surface area contributed by atoms with Gasteiger partial charge in [0.05, 0.1) is 12.3 Å². The highest BCUT2D eigenvalue weighted by molar-refractivity contribution is 5.93. The van der Waals surface area contributed by atoms with Gasteiger partial charge in [-0.1, -0.05) is 56.3 Å². The average Bonchev–Trinajstić information content (AvgIpc) is 2.83. The molecule has 0 radical (unpaired) electrons. The molecule has 3 rings (SSSR count). The molecule has 2 unspecified atom stereocenters. The molecular formula is C27H34N2O5. The first-order chi connectivity index (χ1) is 16.3. The fraction of sp³-hybridized carbons (Fsp3) is 0.444. The van der Waals surface area contributed by atoms with E-state index in [1.807, 2.05) is 61.5 Å². The lowest BCUT2D eigenvalue weighted by atomic mass is 9.95. The van der Waals surface area contributed by atoms with Crippen molar-refractivity contribution in [3.05, 3.63) is 65.7 Å². The maximum atomic E-state index is 13.3. The number of piperazine rings is 1. The van der Waals surface area contributed by atoms with Gasteiger partial charge in [-0.3, -0.25) is 14.4 Å². The molecule has 0 bridgehead atoms. The Morgan fingerprint density at radius 1 is 1.03 bits per heavy atom. The van der Waals surface area contributed by atoms with Gasteiger partial charge < -0.3 is 19.7 Å². The van der Waals surface area contributed by atoms with Crippen LogP contribution in [0.25, 0.3) is 0 Å². The van der Waals surface area contributed by atoms with Crippen molar-refractivity contribution in [3.63, 3.8) is 0 Å². The molecule has 34 heavy (non-hydrogen) atoms. The molecule has 0 aromatic heterocycles. The molecule has 1 saturated heterocycles. The number of nitrogens with zero attached hydrogens (tertiary/aromatic N) is 1. The average molecular weight is 467 g/mol. The number of nitrogens with one attached hydrogen (secondary N) is 1. The van der Waals surface area contributed by atoms with E-state index in [0.717, 1.165) is 12.0 Å². The summed E-state index contributed by atoms with van der Waals surface area (Å²) in [5, 5.41) is 2.75. The highest BCUT2D eigenvalue weighted by Gasteiger charge is 2.37. The summed E-state index contributed by atoms with van der Waals surface area (Å²) in [6, 6.07) is 16.4. The number of hydrogen-bond donors (Lipinski definition) is 1. The lowest BCUT2D eigenvalue weighted by molar-refractivity contribution is -0.152. The van der Waals surface area contributed by atoms with Gasteiger partial charge in [-0.2, -0.15) is 0 Å². The number of rotatable bonds is 10. The first-order valence-corrected chi connectivity index (χ1v) is 11.9. The molecule has 1 heterocycles. The lowest BCUT2D eigenvalue weighted by Gasteiger charge is -2.36. The summed E-state index contributed by atoms with van der Waals surface area (Å²) in [6.07, 6.45) is 0.790. The number of amides is 2. The number of carbonyl (C=O) groups excluding carboxylic acids is 3. The predicted octanol–water partition coefficient (Wildman–Crippen LogP) is 3.33. The smallest absolute Gasteiger partial charge is 0.308 e. The van der Waals surface area contributed by atoms with E-state index in [2.05, 4.69) is 19.2 Å².